The lowest BCUT2D eigenvalue weighted by Gasteiger charge is -2.08. The number of nitrogens with one attached hydrogen (secondary N) is 1. The molecule has 0 atom stereocenters. The number of halogens is 2. The van der Waals surface area contributed by atoms with Gasteiger partial charge in [0.25, 0.3) is 5.91 Å². The molecular weight excluding hydrogens is 361 g/mol. The third kappa shape index (κ3) is 3.89. The van der Waals surface area contributed by atoms with Crippen molar-refractivity contribution in [1.29, 1.82) is 0 Å². The summed E-state index contributed by atoms with van der Waals surface area (Å²) >= 11 is 3.25. The van der Waals surface area contributed by atoms with Crippen molar-refractivity contribution in [3.8, 4) is 0 Å². The van der Waals surface area contributed by atoms with Gasteiger partial charge in [-0.15, -0.1) is 0 Å². The van der Waals surface area contributed by atoms with Gasteiger partial charge in [0.2, 0.25) is 0 Å². The molecule has 0 aliphatic rings. The van der Waals surface area contributed by atoms with Crippen molar-refractivity contribution in [1.82, 2.24) is 0 Å². The van der Waals surface area contributed by atoms with Crippen molar-refractivity contribution >= 4 is 37.4 Å². The molecule has 0 fully saturated rings. The van der Waals surface area contributed by atoms with E-state index in [1.807, 2.05) is 0 Å². The molecule has 7 heteroatoms. The van der Waals surface area contributed by atoms with Crippen LogP contribution in [0, 0.1) is 5.82 Å². The Bertz CT molecular complexity index is 788. The molecule has 2 rings (SSSR count). The van der Waals surface area contributed by atoms with Crippen LogP contribution in [0.15, 0.2) is 51.8 Å². The Morgan fingerprint density at radius 2 is 1.76 bits per heavy atom. The third-order valence-electron chi connectivity index (χ3n) is 2.72. The fraction of sp³-hybridized carbons (Fsp3) is 0.0714. The van der Waals surface area contributed by atoms with Crippen molar-refractivity contribution in [3.63, 3.8) is 0 Å². The predicted molar refractivity (Wildman–Crippen MR) is 81.6 cm³/mol. The number of carbonyl (C=O) groups is 1. The van der Waals surface area contributed by atoms with Crippen LogP contribution in [0.5, 0.6) is 0 Å². The van der Waals surface area contributed by atoms with E-state index in [2.05, 4.69) is 21.2 Å². The summed E-state index contributed by atoms with van der Waals surface area (Å²) in [5.41, 5.74) is 0.160. The van der Waals surface area contributed by atoms with Gasteiger partial charge in [0.1, 0.15) is 5.82 Å². The van der Waals surface area contributed by atoms with Crippen LogP contribution in [0.4, 0.5) is 10.1 Å². The second-order valence-corrected chi connectivity index (χ2v) is 7.31. The van der Waals surface area contributed by atoms with E-state index in [0.29, 0.717) is 5.56 Å². The average molecular weight is 372 g/mol. The molecule has 1 N–H and O–H groups in total. The fourth-order valence-corrected chi connectivity index (χ4v) is 2.54. The van der Waals surface area contributed by atoms with Crippen molar-refractivity contribution in [3.05, 3.63) is 58.3 Å². The predicted octanol–water partition coefficient (Wildman–Crippen LogP) is 3.24. The van der Waals surface area contributed by atoms with Crippen LogP contribution in [0.1, 0.15) is 10.4 Å². The zero-order valence-corrected chi connectivity index (χ0v) is 13.3. The van der Waals surface area contributed by atoms with E-state index in [1.54, 1.807) is 24.3 Å². The summed E-state index contributed by atoms with van der Waals surface area (Å²) in [6.45, 7) is 0. The minimum atomic E-state index is -3.47. The van der Waals surface area contributed by atoms with Crippen molar-refractivity contribution in [2.45, 2.75) is 4.90 Å². The van der Waals surface area contributed by atoms with Gasteiger partial charge < -0.3 is 5.32 Å². The number of amides is 1. The minimum absolute atomic E-state index is 0.0602. The number of hydrogen-bond acceptors (Lipinski definition) is 3. The van der Waals surface area contributed by atoms with Crippen LogP contribution in [-0.4, -0.2) is 20.6 Å². The van der Waals surface area contributed by atoms with E-state index >= 15 is 0 Å². The third-order valence-corrected chi connectivity index (χ3v) is 4.36. The quantitative estimate of drug-likeness (QED) is 0.842. The highest BCUT2D eigenvalue weighted by Gasteiger charge is 2.14. The zero-order chi connectivity index (χ0) is 15.6. The molecule has 4 nitrogen and oxygen atoms in total. The van der Waals surface area contributed by atoms with Gasteiger partial charge in [0, 0.05) is 16.3 Å². The van der Waals surface area contributed by atoms with E-state index in [-0.39, 0.29) is 10.6 Å². The topological polar surface area (TPSA) is 63.2 Å². The van der Waals surface area contributed by atoms with Gasteiger partial charge in [-0.3, -0.25) is 4.79 Å². The first-order chi connectivity index (χ1) is 9.77. The van der Waals surface area contributed by atoms with Crippen molar-refractivity contribution in [2.24, 2.45) is 0 Å². The summed E-state index contributed by atoms with van der Waals surface area (Å²) in [5, 5.41) is 2.36. The molecule has 1 amide bonds. The second kappa shape index (κ2) is 5.95. The van der Waals surface area contributed by atoms with Gasteiger partial charge in [-0.1, -0.05) is 15.9 Å². The number of hydrogen-bond donors (Lipinski definition) is 1. The largest absolute Gasteiger partial charge is 0.319 e. The van der Waals surface area contributed by atoms with E-state index < -0.39 is 21.6 Å². The van der Waals surface area contributed by atoms with Crippen LogP contribution in [0.25, 0.3) is 0 Å². The fourth-order valence-electron chi connectivity index (χ4n) is 1.63. The maximum Gasteiger partial charge on any atom is 0.255 e. The summed E-state index contributed by atoms with van der Waals surface area (Å²) in [7, 11) is -3.47. The lowest BCUT2D eigenvalue weighted by molar-refractivity contribution is 0.102. The smallest absolute Gasteiger partial charge is 0.255 e. The molecule has 0 bridgehead atoms. The molecular formula is C14H11BrFNO3S. The number of anilines is 1. The Morgan fingerprint density at radius 3 is 2.33 bits per heavy atom. The molecule has 0 unspecified atom stereocenters. The van der Waals surface area contributed by atoms with Gasteiger partial charge >= 0.3 is 0 Å². The second-order valence-electron chi connectivity index (χ2n) is 4.37. The maximum atomic E-state index is 13.7. The molecule has 0 aromatic heterocycles. The molecule has 0 radical (unpaired) electrons. The number of carbonyl (C=O) groups excluding carboxylic acids is 1. The van der Waals surface area contributed by atoms with Crippen molar-refractivity contribution in [2.75, 3.05) is 11.6 Å². The lowest BCUT2D eigenvalue weighted by Crippen LogP contribution is -2.13. The maximum absolute atomic E-state index is 13.7. The molecule has 21 heavy (non-hydrogen) atoms. The monoisotopic (exact) mass is 371 g/mol. The number of rotatable bonds is 3. The van der Waals surface area contributed by atoms with Gasteiger partial charge in [-0.2, -0.15) is 0 Å². The van der Waals surface area contributed by atoms with Gasteiger partial charge in [-0.05, 0) is 42.5 Å². The molecule has 0 spiro atoms. The highest BCUT2D eigenvalue weighted by atomic mass is 79.9. The molecule has 0 aliphatic carbocycles. The SMILES string of the molecule is CS(=O)(=O)c1ccc(F)c(NC(=O)c2ccc(Br)cc2)c1. The number of benzene rings is 2. The summed E-state index contributed by atoms with van der Waals surface area (Å²) in [5.74, 6) is -1.22. The van der Waals surface area contributed by atoms with Gasteiger partial charge in [-0.25, -0.2) is 12.8 Å². The first-order valence-electron chi connectivity index (χ1n) is 5.84. The Kier molecular flexibility index (Phi) is 4.43. The normalized spacial score (nSPS) is 11.2. The van der Waals surface area contributed by atoms with Crippen LogP contribution in [0.2, 0.25) is 0 Å². The van der Waals surface area contributed by atoms with Gasteiger partial charge in [0.15, 0.2) is 9.84 Å². The first-order valence-corrected chi connectivity index (χ1v) is 8.52. The molecule has 0 aliphatic heterocycles. The van der Waals surface area contributed by atoms with E-state index in [1.165, 1.54) is 0 Å². The summed E-state index contributed by atoms with van der Waals surface area (Å²) in [4.78, 5) is 11.9. The molecule has 110 valence electrons. The minimum Gasteiger partial charge on any atom is -0.319 e. The lowest BCUT2D eigenvalue weighted by atomic mass is 10.2. The van der Waals surface area contributed by atoms with Crippen LogP contribution in [-0.2, 0) is 9.84 Å². The summed E-state index contributed by atoms with van der Waals surface area (Å²) < 4.78 is 37.4. The molecule has 2 aromatic rings. The highest BCUT2D eigenvalue weighted by Crippen LogP contribution is 2.20. The summed E-state index contributed by atoms with van der Waals surface area (Å²) in [6.07, 6.45) is 1.01. The number of sulfone groups is 1. The zero-order valence-electron chi connectivity index (χ0n) is 10.9. The van der Waals surface area contributed by atoms with Crippen LogP contribution >= 0.6 is 15.9 Å². The molecule has 0 heterocycles. The Morgan fingerprint density at radius 1 is 1.14 bits per heavy atom. The van der Waals surface area contributed by atoms with Gasteiger partial charge in [0.05, 0.1) is 10.6 Å². The Labute approximate surface area is 130 Å². The summed E-state index contributed by atoms with van der Waals surface area (Å²) in [6, 6.07) is 9.75. The first kappa shape index (κ1) is 15.7. The average Bonchev–Trinajstić information content (AvgIpc) is 2.40. The Balaban J connectivity index is 2.31. The van der Waals surface area contributed by atoms with Crippen LogP contribution < -0.4 is 5.32 Å². The van der Waals surface area contributed by atoms with E-state index in [0.717, 1.165) is 28.9 Å². The Hall–Kier alpha value is -1.73. The van der Waals surface area contributed by atoms with E-state index in [9.17, 15) is 17.6 Å². The molecule has 2 aromatic carbocycles. The van der Waals surface area contributed by atoms with Crippen LogP contribution in [0.3, 0.4) is 0 Å². The van der Waals surface area contributed by atoms with E-state index in [4.69, 9.17) is 0 Å². The molecule has 0 saturated heterocycles. The highest BCUT2D eigenvalue weighted by molar-refractivity contribution is 9.10. The molecule has 0 saturated carbocycles. The standard InChI is InChI=1S/C14H11BrFNO3S/c1-21(19,20)11-6-7-12(16)13(8-11)17-14(18)9-2-4-10(15)5-3-9/h2-8H,1H3,(H,17,18). The van der Waals surface area contributed by atoms with Crippen molar-refractivity contribution < 1.29 is 17.6 Å².